The molecule has 0 amide bonds. The molecule has 0 spiro atoms. The molecule has 2 N–H and O–H groups in total. The Balaban J connectivity index is 2.34. The van der Waals surface area contributed by atoms with E-state index in [9.17, 15) is 8.42 Å². The predicted octanol–water partition coefficient (Wildman–Crippen LogP) is 1.41. The van der Waals surface area contributed by atoms with Crippen molar-refractivity contribution < 1.29 is 8.42 Å². The Morgan fingerprint density at radius 2 is 1.82 bits per heavy atom. The van der Waals surface area contributed by atoms with Gasteiger partial charge >= 0.3 is 0 Å². The van der Waals surface area contributed by atoms with Gasteiger partial charge in [-0.15, -0.1) is 0 Å². The zero-order valence-corrected chi connectivity index (χ0v) is 11.4. The Bertz CT molecular complexity index is 548. The summed E-state index contributed by atoms with van der Waals surface area (Å²) < 4.78 is 23.3. The first-order valence-electron chi connectivity index (χ1n) is 5.37. The normalized spacial score (nSPS) is 27.8. The van der Waals surface area contributed by atoms with E-state index in [1.807, 2.05) is 31.2 Å². The quantitative estimate of drug-likeness (QED) is 0.843. The second kappa shape index (κ2) is 4.07. The number of hydrogen-bond acceptors (Lipinski definition) is 3. The summed E-state index contributed by atoms with van der Waals surface area (Å²) in [6, 6.07) is 7.86. The molecular formula is C12H15NO2S2. The maximum atomic E-state index is 11.6. The fraction of sp³-hybridized carbons (Fsp3) is 0.417. The summed E-state index contributed by atoms with van der Waals surface area (Å²) >= 11 is 4.94. The topological polar surface area (TPSA) is 60.2 Å². The largest absolute Gasteiger partial charge is 0.393 e. The van der Waals surface area contributed by atoms with Crippen LogP contribution in [0.3, 0.4) is 0 Å². The fourth-order valence-electron chi connectivity index (χ4n) is 2.34. The van der Waals surface area contributed by atoms with Gasteiger partial charge in [-0.1, -0.05) is 42.0 Å². The Kier molecular flexibility index (Phi) is 2.99. The van der Waals surface area contributed by atoms with Crippen LogP contribution in [0.4, 0.5) is 0 Å². The second-order valence-corrected chi connectivity index (χ2v) is 7.33. The molecule has 1 saturated carbocycles. The van der Waals surface area contributed by atoms with Gasteiger partial charge in [0.05, 0.1) is 10.2 Å². The van der Waals surface area contributed by atoms with Gasteiger partial charge in [-0.25, -0.2) is 8.42 Å². The lowest BCUT2D eigenvalue weighted by Crippen LogP contribution is -2.16. The van der Waals surface area contributed by atoms with Gasteiger partial charge in [0, 0.05) is 18.1 Å². The molecule has 1 fully saturated rings. The molecule has 17 heavy (non-hydrogen) atoms. The van der Waals surface area contributed by atoms with Crippen LogP contribution in [0.15, 0.2) is 24.3 Å². The van der Waals surface area contributed by atoms with Crippen LogP contribution in [0.25, 0.3) is 0 Å². The molecule has 2 rings (SSSR count). The van der Waals surface area contributed by atoms with Gasteiger partial charge in [0.1, 0.15) is 0 Å². The molecule has 0 radical (unpaired) electrons. The molecule has 1 aliphatic carbocycles. The summed E-state index contributed by atoms with van der Waals surface area (Å²) in [5.74, 6) is -0.272. The van der Waals surface area contributed by atoms with Crippen molar-refractivity contribution in [3.63, 3.8) is 0 Å². The standard InChI is InChI=1S/C12H15NO2S2/c1-7-3-5-8(6-4-7)9-10(12(13)16)11(9)17(2,14)15/h3-6,9-11H,1-2H3,(H2,13,16)/t9-,10+,11+/m0/s1. The summed E-state index contributed by atoms with van der Waals surface area (Å²) in [7, 11) is -3.10. The first-order valence-corrected chi connectivity index (χ1v) is 7.73. The number of nitrogens with two attached hydrogens (primary N) is 1. The fourth-order valence-corrected chi connectivity index (χ4v) is 4.34. The van der Waals surface area contributed by atoms with Crippen molar-refractivity contribution in [2.75, 3.05) is 6.26 Å². The molecule has 1 aromatic rings. The van der Waals surface area contributed by atoms with E-state index in [2.05, 4.69) is 0 Å². The van der Waals surface area contributed by atoms with Crippen LogP contribution in [-0.4, -0.2) is 24.9 Å². The molecule has 3 nitrogen and oxygen atoms in total. The summed E-state index contributed by atoms with van der Waals surface area (Å²) in [5.41, 5.74) is 7.76. The van der Waals surface area contributed by atoms with E-state index in [1.54, 1.807) is 0 Å². The highest BCUT2D eigenvalue weighted by atomic mass is 32.2. The zero-order chi connectivity index (χ0) is 12.8. The highest BCUT2D eigenvalue weighted by Gasteiger charge is 2.58. The lowest BCUT2D eigenvalue weighted by Gasteiger charge is -2.00. The molecular weight excluding hydrogens is 254 g/mol. The lowest BCUT2D eigenvalue weighted by molar-refractivity contribution is 0.599. The van der Waals surface area contributed by atoms with E-state index < -0.39 is 15.1 Å². The number of benzene rings is 1. The Labute approximate surface area is 107 Å². The second-order valence-electron chi connectivity index (χ2n) is 4.66. The van der Waals surface area contributed by atoms with Crippen molar-refractivity contribution in [3.8, 4) is 0 Å². The van der Waals surface area contributed by atoms with Gasteiger partial charge in [0.25, 0.3) is 0 Å². The summed E-state index contributed by atoms with van der Waals surface area (Å²) in [6.45, 7) is 2.00. The minimum absolute atomic E-state index is 0.0666. The molecule has 0 bridgehead atoms. The third-order valence-electron chi connectivity index (χ3n) is 3.24. The summed E-state index contributed by atoms with van der Waals surface area (Å²) in [5, 5.41) is -0.442. The molecule has 1 aromatic carbocycles. The van der Waals surface area contributed by atoms with Crippen molar-refractivity contribution >= 4 is 27.0 Å². The van der Waals surface area contributed by atoms with Crippen molar-refractivity contribution in [2.24, 2.45) is 11.7 Å². The highest BCUT2D eigenvalue weighted by molar-refractivity contribution is 7.91. The molecule has 5 heteroatoms. The van der Waals surface area contributed by atoms with Gasteiger partial charge in [-0.3, -0.25) is 0 Å². The lowest BCUT2D eigenvalue weighted by atomic mass is 10.1. The van der Waals surface area contributed by atoms with Crippen LogP contribution in [-0.2, 0) is 9.84 Å². The summed E-state index contributed by atoms with van der Waals surface area (Å²) in [6.07, 6.45) is 1.25. The third kappa shape index (κ3) is 2.35. The average Bonchev–Trinajstić information content (AvgIpc) is 2.93. The molecule has 1 aliphatic rings. The number of rotatable bonds is 3. The van der Waals surface area contributed by atoms with Gasteiger partial charge in [0.15, 0.2) is 9.84 Å². The maximum Gasteiger partial charge on any atom is 0.151 e. The van der Waals surface area contributed by atoms with Gasteiger partial charge < -0.3 is 5.73 Å². The minimum Gasteiger partial charge on any atom is -0.393 e. The van der Waals surface area contributed by atoms with Crippen LogP contribution >= 0.6 is 12.2 Å². The van der Waals surface area contributed by atoms with Crippen LogP contribution in [0.5, 0.6) is 0 Å². The zero-order valence-electron chi connectivity index (χ0n) is 9.75. The first-order chi connectivity index (χ1) is 7.82. The Hall–Kier alpha value is -0.940. The average molecular weight is 269 g/mol. The Morgan fingerprint density at radius 1 is 1.29 bits per heavy atom. The van der Waals surface area contributed by atoms with Crippen molar-refractivity contribution in [2.45, 2.75) is 18.1 Å². The van der Waals surface area contributed by atoms with Crippen LogP contribution in [0, 0.1) is 12.8 Å². The van der Waals surface area contributed by atoms with Crippen molar-refractivity contribution in [1.82, 2.24) is 0 Å². The van der Waals surface area contributed by atoms with Crippen LogP contribution in [0.2, 0.25) is 0 Å². The molecule has 92 valence electrons. The minimum atomic E-state index is -3.10. The van der Waals surface area contributed by atoms with E-state index >= 15 is 0 Å². The SMILES string of the molecule is Cc1ccc([C@H]2[C@@H](C(N)=S)[C@@H]2S(C)(=O)=O)cc1. The monoisotopic (exact) mass is 269 g/mol. The van der Waals surface area contributed by atoms with Gasteiger partial charge in [-0.05, 0) is 12.5 Å². The third-order valence-corrected chi connectivity index (χ3v) is 5.09. The molecule has 0 heterocycles. The van der Waals surface area contributed by atoms with E-state index in [0.29, 0.717) is 4.99 Å². The molecule has 0 saturated heterocycles. The van der Waals surface area contributed by atoms with E-state index in [4.69, 9.17) is 18.0 Å². The molecule has 3 atom stereocenters. The first kappa shape index (κ1) is 12.5. The number of hydrogen-bond donors (Lipinski definition) is 1. The molecule has 0 unspecified atom stereocenters. The van der Waals surface area contributed by atoms with Crippen molar-refractivity contribution in [3.05, 3.63) is 35.4 Å². The predicted molar refractivity (Wildman–Crippen MR) is 72.8 cm³/mol. The van der Waals surface area contributed by atoms with E-state index in [0.717, 1.165) is 11.1 Å². The van der Waals surface area contributed by atoms with Crippen LogP contribution in [0.1, 0.15) is 17.0 Å². The van der Waals surface area contributed by atoms with Gasteiger partial charge in [-0.2, -0.15) is 0 Å². The van der Waals surface area contributed by atoms with Crippen molar-refractivity contribution in [1.29, 1.82) is 0 Å². The van der Waals surface area contributed by atoms with E-state index in [1.165, 1.54) is 6.26 Å². The van der Waals surface area contributed by atoms with Crippen LogP contribution < -0.4 is 5.73 Å². The number of aryl methyl sites for hydroxylation is 1. The maximum absolute atomic E-state index is 11.6. The Morgan fingerprint density at radius 3 is 2.18 bits per heavy atom. The smallest absolute Gasteiger partial charge is 0.151 e. The number of thiocarbonyl (C=S) groups is 1. The molecule has 0 aliphatic heterocycles. The van der Waals surface area contributed by atoms with Gasteiger partial charge in [0.2, 0.25) is 0 Å². The number of sulfone groups is 1. The molecule has 0 aromatic heterocycles. The highest BCUT2D eigenvalue weighted by Crippen LogP contribution is 2.52. The summed E-state index contributed by atoms with van der Waals surface area (Å²) in [4.78, 5) is 0.297. The van der Waals surface area contributed by atoms with E-state index in [-0.39, 0.29) is 11.8 Å².